The van der Waals surface area contributed by atoms with E-state index in [1.807, 2.05) is 0 Å². The van der Waals surface area contributed by atoms with Gasteiger partial charge in [0.25, 0.3) is 0 Å². The van der Waals surface area contributed by atoms with E-state index in [4.69, 9.17) is 10.6 Å². The van der Waals surface area contributed by atoms with Crippen molar-refractivity contribution < 1.29 is 9.84 Å². The Bertz CT molecular complexity index is 472. The minimum Gasteiger partial charge on any atom is -0.388 e. The second-order valence-electron chi connectivity index (χ2n) is 5.61. The Labute approximate surface area is 117 Å². The van der Waals surface area contributed by atoms with Crippen LogP contribution in [0.1, 0.15) is 37.4 Å². The summed E-state index contributed by atoms with van der Waals surface area (Å²) in [5.41, 5.74) is 1.84. The van der Waals surface area contributed by atoms with Gasteiger partial charge >= 0.3 is 0 Å². The molecule has 0 amide bonds. The lowest BCUT2D eigenvalue weighted by Gasteiger charge is -2.32. The van der Waals surface area contributed by atoms with Gasteiger partial charge in [-0.05, 0) is 12.8 Å². The van der Waals surface area contributed by atoms with E-state index in [1.165, 1.54) is 0 Å². The molecule has 1 aromatic rings. The zero-order valence-corrected chi connectivity index (χ0v) is 11.4. The zero-order valence-electron chi connectivity index (χ0n) is 11.4. The second kappa shape index (κ2) is 5.51. The van der Waals surface area contributed by atoms with Crippen LogP contribution in [0.2, 0.25) is 0 Å². The number of nitrogens with one attached hydrogen (secondary N) is 2. The number of aliphatic hydroxyl groups is 1. The summed E-state index contributed by atoms with van der Waals surface area (Å²) in [5, 5.41) is 13.6. The highest BCUT2D eigenvalue weighted by atomic mass is 16.5. The minimum absolute atomic E-state index is 0.454. The van der Waals surface area contributed by atoms with Crippen LogP contribution in [0, 0.1) is 0 Å². The molecule has 20 heavy (non-hydrogen) atoms. The maximum atomic E-state index is 10.4. The Hall–Kier alpha value is -1.44. The Morgan fingerprint density at radius 3 is 2.65 bits per heavy atom. The number of anilines is 2. The highest BCUT2D eigenvalue weighted by molar-refractivity contribution is 5.47. The lowest BCUT2D eigenvalue weighted by Crippen LogP contribution is -2.42. The van der Waals surface area contributed by atoms with Crippen molar-refractivity contribution >= 4 is 11.6 Å². The highest BCUT2D eigenvalue weighted by Gasteiger charge is 2.30. The first-order chi connectivity index (χ1) is 9.68. The van der Waals surface area contributed by atoms with E-state index in [1.54, 1.807) is 6.07 Å². The lowest BCUT2D eigenvalue weighted by molar-refractivity contribution is -0.0543. The van der Waals surface area contributed by atoms with Crippen molar-refractivity contribution in [3.63, 3.8) is 0 Å². The third kappa shape index (κ3) is 3.17. The fourth-order valence-corrected chi connectivity index (χ4v) is 2.34. The molecular formula is C13H21N5O2. The number of ether oxygens (including phenoxy) is 1. The summed E-state index contributed by atoms with van der Waals surface area (Å²) in [4.78, 5) is 8.86. The van der Waals surface area contributed by atoms with Gasteiger partial charge in [-0.2, -0.15) is 0 Å². The maximum Gasteiger partial charge on any atom is 0.145 e. The fourth-order valence-electron chi connectivity index (χ4n) is 2.34. The molecular weight excluding hydrogens is 258 g/mol. The molecule has 0 bridgehead atoms. The third-order valence-corrected chi connectivity index (χ3v) is 3.86. The number of hydrazine groups is 1. The molecule has 2 aliphatic rings. The second-order valence-corrected chi connectivity index (χ2v) is 5.61. The first-order valence-corrected chi connectivity index (χ1v) is 7.08. The predicted octanol–water partition coefficient (Wildman–Crippen LogP) is 0.593. The quantitative estimate of drug-likeness (QED) is 0.462. The molecule has 2 fully saturated rings. The molecule has 1 saturated heterocycles. The van der Waals surface area contributed by atoms with E-state index in [0.29, 0.717) is 50.2 Å². The van der Waals surface area contributed by atoms with Gasteiger partial charge in [-0.3, -0.25) is 0 Å². The van der Waals surface area contributed by atoms with Crippen LogP contribution < -0.4 is 16.6 Å². The van der Waals surface area contributed by atoms with Crippen LogP contribution in [0.25, 0.3) is 0 Å². The average molecular weight is 279 g/mol. The van der Waals surface area contributed by atoms with Crippen molar-refractivity contribution in [2.24, 2.45) is 5.84 Å². The number of rotatable bonds is 5. The number of nitrogen functional groups attached to an aromatic ring is 1. The Balaban J connectivity index is 1.68. The molecule has 1 aliphatic heterocycles. The summed E-state index contributed by atoms with van der Waals surface area (Å²) in [6.45, 7) is 1.66. The zero-order chi connectivity index (χ0) is 14.0. The van der Waals surface area contributed by atoms with Gasteiger partial charge in [-0.25, -0.2) is 15.8 Å². The number of nitrogens with zero attached hydrogens (tertiary/aromatic N) is 2. The van der Waals surface area contributed by atoms with Crippen molar-refractivity contribution in [2.75, 3.05) is 30.5 Å². The largest absolute Gasteiger partial charge is 0.388 e. The Morgan fingerprint density at radius 2 is 2.00 bits per heavy atom. The summed E-state index contributed by atoms with van der Waals surface area (Å²) in [7, 11) is 0. The van der Waals surface area contributed by atoms with E-state index < -0.39 is 5.60 Å². The van der Waals surface area contributed by atoms with Gasteiger partial charge in [0.05, 0.1) is 5.60 Å². The first-order valence-electron chi connectivity index (χ1n) is 7.08. The van der Waals surface area contributed by atoms with Crippen molar-refractivity contribution in [2.45, 2.75) is 37.2 Å². The monoisotopic (exact) mass is 279 g/mol. The minimum atomic E-state index is -0.723. The lowest BCUT2D eigenvalue weighted by atomic mass is 9.94. The molecule has 2 heterocycles. The van der Waals surface area contributed by atoms with Crippen LogP contribution in [0.3, 0.4) is 0 Å². The summed E-state index contributed by atoms with van der Waals surface area (Å²) in [6.07, 6.45) is 3.55. The van der Waals surface area contributed by atoms with E-state index in [9.17, 15) is 5.11 Å². The number of nitrogens with two attached hydrogens (primary N) is 1. The van der Waals surface area contributed by atoms with Gasteiger partial charge in [0.1, 0.15) is 17.5 Å². The summed E-state index contributed by atoms with van der Waals surface area (Å²) in [5.74, 6) is 8.02. The maximum absolute atomic E-state index is 10.4. The van der Waals surface area contributed by atoms with Crippen molar-refractivity contribution in [1.29, 1.82) is 0 Å². The van der Waals surface area contributed by atoms with E-state index in [0.717, 1.165) is 18.7 Å². The molecule has 1 saturated carbocycles. The number of hydrogen-bond acceptors (Lipinski definition) is 7. The van der Waals surface area contributed by atoms with Gasteiger partial charge in [0, 0.05) is 44.6 Å². The van der Waals surface area contributed by atoms with E-state index >= 15 is 0 Å². The smallest absolute Gasteiger partial charge is 0.145 e. The molecule has 1 aromatic heterocycles. The van der Waals surface area contributed by atoms with Crippen LogP contribution in [-0.2, 0) is 4.74 Å². The average Bonchev–Trinajstić information content (AvgIpc) is 3.30. The molecule has 0 spiro atoms. The van der Waals surface area contributed by atoms with Gasteiger partial charge in [-0.1, -0.05) is 0 Å². The molecule has 0 aromatic carbocycles. The number of aromatic nitrogens is 2. The van der Waals surface area contributed by atoms with Gasteiger partial charge < -0.3 is 20.6 Å². The van der Waals surface area contributed by atoms with Crippen LogP contribution in [0.5, 0.6) is 0 Å². The standard InChI is InChI=1S/C13H21N5O2/c14-18-11-7-10(16-12(17-11)9-1-2-9)15-8-13(19)3-5-20-6-4-13/h7,9,19H,1-6,8,14H2,(H2,15,16,17,18). The predicted molar refractivity (Wildman–Crippen MR) is 75.3 cm³/mol. The van der Waals surface area contributed by atoms with Crippen LogP contribution in [0.15, 0.2) is 6.07 Å². The van der Waals surface area contributed by atoms with Gasteiger partial charge in [0.2, 0.25) is 0 Å². The van der Waals surface area contributed by atoms with Crippen LogP contribution in [-0.4, -0.2) is 40.4 Å². The molecule has 3 rings (SSSR count). The molecule has 1 aliphatic carbocycles. The molecule has 7 heteroatoms. The van der Waals surface area contributed by atoms with Crippen molar-refractivity contribution in [3.05, 3.63) is 11.9 Å². The molecule has 0 atom stereocenters. The topological polar surface area (TPSA) is 105 Å². The number of hydrogen-bond donors (Lipinski definition) is 4. The van der Waals surface area contributed by atoms with E-state index in [2.05, 4.69) is 20.7 Å². The molecule has 0 unspecified atom stereocenters. The normalized spacial score (nSPS) is 21.5. The third-order valence-electron chi connectivity index (χ3n) is 3.86. The summed E-state index contributed by atoms with van der Waals surface area (Å²) < 4.78 is 5.27. The fraction of sp³-hybridized carbons (Fsp3) is 0.692. The molecule has 5 N–H and O–H groups in total. The Kier molecular flexibility index (Phi) is 3.73. The molecule has 110 valence electrons. The van der Waals surface area contributed by atoms with E-state index in [-0.39, 0.29) is 0 Å². The molecule has 7 nitrogen and oxygen atoms in total. The summed E-state index contributed by atoms with van der Waals surface area (Å²) >= 11 is 0. The highest BCUT2D eigenvalue weighted by Crippen LogP contribution is 2.38. The summed E-state index contributed by atoms with van der Waals surface area (Å²) in [6, 6.07) is 1.76. The van der Waals surface area contributed by atoms with Crippen molar-refractivity contribution in [3.8, 4) is 0 Å². The van der Waals surface area contributed by atoms with Crippen molar-refractivity contribution in [1.82, 2.24) is 9.97 Å². The molecule has 0 radical (unpaired) electrons. The van der Waals surface area contributed by atoms with Gasteiger partial charge in [0.15, 0.2) is 0 Å². The Morgan fingerprint density at radius 1 is 1.30 bits per heavy atom. The van der Waals surface area contributed by atoms with Gasteiger partial charge in [-0.15, -0.1) is 0 Å². The SMILES string of the molecule is NNc1cc(NCC2(O)CCOCC2)nc(C2CC2)n1. The van der Waals surface area contributed by atoms with Crippen LogP contribution >= 0.6 is 0 Å². The van der Waals surface area contributed by atoms with Crippen LogP contribution in [0.4, 0.5) is 11.6 Å². The first kappa shape index (κ1) is 13.5.